The lowest BCUT2D eigenvalue weighted by atomic mass is 10.0. The molecule has 1 aromatic carbocycles. The van der Waals surface area contributed by atoms with Gasteiger partial charge in [0, 0.05) is 24.8 Å². The standard InChI is InChI=1S/C17H26N2O3/c1-17(2,3)22-16(21)18-14-5-4-10-19(11-14)15-8-6-13(12-20)7-9-15/h6-9,14,20H,4-5,10-12H2,1-3H3,(H,18,21). The number of amides is 1. The number of alkyl carbamates (subject to hydrolysis) is 1. The molecule has 1 aliphatic heterocycles. The Morgan fingerprint density at radius 1 is 1.36 bits per heavy atom. The Balaban J connectivity index is 1.92. The molecule has 1 aromatic rings. The van der Waals surface area contributed by atoms with Crippen LogP contribution in [0.15, 0.2) is 24.3 Å². The summed E-state index contributed by atoms with van der Waals surface area (Å²) in [6.45, 7) is 7.40. The summed E-state index contributed by atoms with van der Waals surface area (Å²) in [6, 6.07) is 7.99. The highest BCUT2D eigenvalue weighted by Crippen LogP contribution is 2.21. The lowest BCUT2D eigenvalue weighted by Crippen LogP contribution is -2.49. The minimum Gasteiger partial charge on any atom is -0.444 e. The van der Waals surface area contributed by atoms with E-state index in [0.717, 1.165) is 37.2 Å². The molecule has 1 fully saturated rings. The molecule has 0 aliphatic carbocycles. The van der Waals surface area contributed by atoms with Crippen LogP contribution in [0, 0.1) is 0 Å². The summed E-state index contributed by atoms with van der Waals surface area (Å²) in [4.78, 5) is 14.1. The van der Waals surface area contributed by atoms with Gasteiger partial charge in [0.15, 0.2) is 0 Å². The topological polar surface area (TPSA) is 61.8 Å². The lowest BCUT2D eigenvalue weighted by Gasteiger charge is -2.35. The van der Waals surface area contributed by atoms with Crippen LogP contribution in [-0.2, 0) is 11.3 Å². The first-order chi connectivity index (χ1) is 10.4. The molecule has 0 bridgehead atoms. The second kappa shape index (κ2) is 7.01. The Kier molecular flexibility index (Phi) is 5.29. The van der Waals surface area contributed by atoms with Crippen LogP contribution in [0.2, 0.25) is 0 Å². The predicted molar refractivity (Wildman–Crippen MR) is 87.0 cm³/mol. The quantitative estimate of drug-likeness (QED) is 0.901. The van der Waals surface area contributed by atoms with E-state index >= 15 is 0 Å². The second-order valence-electron chi connectivity index (χ2n) is 6.76. The van der Waals surface area contributed by atoms with Crippen LogP contribution in [0.3, 0.4) is 0 Å². The van der Waals surface area contributed by atoms with Gasteiger partial charge in [-0.3, -0.25) is 0 Å². The van der Waals surface area contributed by atoms with Gasteiger partial charge in [-0.25, -0.2) is 4.79 Å². The van der Waals surface area contributed by atoms with Crippen LogP contribution in [-0.4, -0.2) is 35.9 Å². The number of nitrogens with zero attached hydrogens (tertiary/aromatic N) is 1. The fraction of sp³-hybridized carbons (Fsp3) is 0.588. The zero-order chi connectivity index (χ0) is 16.2. The third-order valence-corrected chi connectivity index (χ3v) is 3.63. The van der Waals surface area contributed by atoms with Crippen molar-refractivity contribution < 1.29 is 14.6 Å². The highest BCUT2D eigenvalue weighted by Gasteiger charge is 2.24. The first-order valence-corrected chi connectivity index (χ1v) is 7.81. The summed E-state index contributed by atoms with van der Waals surface area (Å²) in [5.74, 6) is 0. The highest BCUT2D eigenvalue weighted by molar-refractivity contribution is 5.68. The molecule has 1 unspecified atom stereocenters. The van der Waals surface area contributed by atoms with E-state index in [4.69, 9.17) is 9.84 Å². The summed E-state index contributed by atoms with van der Waals surface area (Å²) in [7, 11) is 0. The Morgan fingerprint density at radius 2 is 2.05 bits per heavy atom. The number of anilines is 1. The van der Waals surface area contributed by atoms with Crippen LogP contribution in [0.25, 0.3) is 0 Å². The number of aliphatic hydroxyl groups is 1. The van der Waals surface area contributed by atoms with Gasteiger partial charge in [-0.15, -0.1) is 0 Å². The molecular formula is C17H26N2O3. The fourth-order valence-electron chi connectivity index (χ4n) is 2.62. The molecule has 2 N–H and O–H groups in total. The summed E-state index contributed by atoms with van der Waals surface area (Å²) in [5, 5.41) is 12.1. The molecule has 1 aliphatic rings. The van der Waals surface area contributed by atoms with Crippen molar-refractivity contribution in [3.63, 3.8) is 0 Å². The van der Waals surface area contributed by atoms with Gasteiger partial charge in [0.05, 0.1) is 6.61 Å². The zero-order valence-corrected chi connectivity index (χ0v) is 13.6. The molecule has 0 aromatic heterocycles. The fourth-order valence-corrected chi connectivity index (χ4v) is 2.62. The zero-order valence-electron chi connectivity index (χ0n) is 13.6. The van der Waals surface area contributed by atoms with Crippen molar-refractivity contribution in [1.82, 2.24) is 5.32 Å². The van der Waals surface area contributed by atoms with Crippen LogP contribution in [0.1, 0.15) is 39.2 Å². The first kappa shape index (κ1) is 16.6. The predicted octanol–water partition coefficient (Wildman–Crippen LogP) is 2.67. The van der Waals surface area contributed by atoms with E-state index in [1.54, 1.807) is 0 Å². The Bertz CT molecular complexity index is 494. The van der Waals surface area contributed by atoms with Crippen LogP contribution in [0.4, 0.5) is 10.5 Å². The number of carbonyl (C=O) groups is 1. The van der Waals surface area contributed by atoms with Crippen LogP contribution in [0.5, 0.6) is 0 Å². The molecule has 122 valence electrons. The molecule has 22 heavy (non-hydrogen) atoms. The van der Waals surface area contributed by atoms with Crippen LogP contribution >= 0.6 is 0 Å². The minimum absolute atomic E-state index is 0.0586. The van der Waals surface area contributed by atoms with E-state index < -0.39 is 5.60 Å². The number of ether oxygens (including phenoxy) is 1. The van der Waals surface area contributed by atoms with E-state index in [9.17, 15) is 4.79 Å². The van der Waals surface area contributed by atoms with Gasteiger partial charge in [-0.05, 0) is 51.3 Å². The number of benzene rings is 1. The van der Waals surface area contributed by atoms with Crippen LogP contribution < -0.4 is 10.2 Å². The van der Waals surface area contributed by atoms with E-state index in [1.807, 2.05) is 45.0 Å². The molecule has 5 heteroatoms. The van der Waals surface area contributed by atoms with Gasteiger partial charge in [-0.2, -0.15) is 0 Å². The Labute approximate surface area is 132 Å². The van der Waals surface area contributed by atoms with Crippen molar-refractivity contribution in [2.75, 3.05) is 18.0 Å². The van der Waals surface area contributed by atoms with Crippen molar-refractivity contribution in [3.05, 3.63) is 29.8 Å². The normalized spacial score (nSPS) is 18.9. The van der Waals surface area contributed by atoms with Gasteiger partial charge in [0.25, 0.3) is 0 Å². The van der Waals surface area contributed by atoms with E-state index in [-0.39, 0.29) is 18.7 Å². The van der Waals surface area contributed by atoms with Crippen molar-refractivity contribution in [2.24, 2.45) is 0 Å². The number of aliphatic hydroxyl groups excluding tert-OH is 1. The number of piperidine rings is 1. The third kappa shape index (κ3) is 4.91. The average molecular weight is 306 g/mol. The Morgan fingerprint density at radius 3 is 2.64 bits per heavy atom. The number of nitrogens with one attached hydrogen (secondary N) is 1. The SMILES string of the molecule is CC(C)(C)OC(=O)NC1CCCN(c2ccc(CO)cc2)C1. The molecule has 0 radical (unpaired) electrons. The van der Waals surface area contributed by atoms with E-state index in [1.165, 1.54) is 0 Å². The van der Waals surface area contributed by atoms with Gasteiger partial charge < -0.3 is 20.1 Å². The number of carbonyl (C=O) groups excluding carboxylic acids is 1. The molecule has 1 heterocycles. The molecule has 0 spiro atoms. The molecule has 2 rings (SSSR count). The number of rotatable bonds is 3. The first-order valence-electron chi connectivity index (χ1n) is 7.81. The monoisotopic (exact) mass is 306 g/mol. The number of hydrogen-bond donors (Lipinski definition) is 2. The summed E-state index contributed by atoms with van der Waals surface area (Å²) < 4.78 is 5.32. The molecule has 1 saturated heterocycles. The van der Waals surface area contributed by atoms with Gasteiger partial charge in [0.2, 0.25) is 0 Å². The molecule has 5 nitrogen and oxygen atoms in total. The van der Waals surface area contributed by atoms with Gasteiger partial charge in [-0.1, -0.05) is 12.1 Å². The molecule has 1 amide bonds. The third-order valence-electron chi connectivity index (χ3n) is 3.63. The molecule has 1 atom stereocenters. The maximum Gasteiger partial charge on any atom is 0.407 e. The Hall–Kier alpha value is -1.75. The van der Waals surface area contributed by atoms with Gasteiger partial charge >= 0.3 is 6.09 Å². The smallest absolute Gasteiger partial charge is 0.407 e. The lowest BCUT2D eigenvalue weighted by molar-refractivity contribution is 0.0500. The van der Waals surface area contributed by atoms with Crippen molar-refractivity contribution in [2.45, 2.75) is 51.9 Å². The van der Waals surface area contributed by atoms with E-state index in [0.29, 0.717) is 0 Å². The van der Waals surface area contributed by atoms with Crippen molar-refractivity contribution in [1.29, 1.82) is 0 Å². The molecule has 0 saturated carbocycles. The maximum absolute atomic E-state index is 11.9. The minimum atomic E-state index is -0.474. The van der Waals surface area contributed by atoms with Crippen molar-refractivity contribution in [3.8, 4) is 0 Å². The maximum atomic E-state index is 11.9. The second-order valence-corrected chi connectivity index (χ2v) is 6.76. The summed E-state index contributed by atoms with van der Waals surface area (Å²) >= 11 is 0. The highest BCUT2D eigenvalue weighted by atomic mass is 16.6. The number of hydrogen-bond acceptors (Lipinski definition) is 4. The van der Waals surface area contributed by atoms with Crippen molar-refractivity contribution >= 4 is 11.8 Å². The largest absolute Gasteiger partial charge is 0.444 e. The van der Waals surface area contributed by atoms with Gasteiger partial charge in [0.1, 0.15) is 5.60 Å². The average Bonchev–Trinajstić information content (AvgIpc) is 2.45. The summed E-state index contributed by atoms with van der Waals surface area (Å²) in [6.07, 6.45) is 1.64. The molecular weight excluding hydrogens is 280 g/mol. The summed E-state index contributed by atoms with van der Waals surface area (Å²) in [5.41, 5.74) is 1.55. The van der Waals surface area contributed by atoms with E-state index in [2.05, 4.69) is 10.2 Å².